The van der Waals surface area contributed by atoms with E-state index < -0.39 is 0 Å². The maximum Gasteiger partial charge on any atom is 0.225 e. The van der Waals surface area contributed by atoms with Crippen LogP contribution in [-0.4, -0.2) is 29.1 Å². The maximum absolute atomic E-state index is 4.59. The van der Waals surface area contributed by atoms with Crippen LogP contribution < -0.4 is 10.2 Å². The molecule has 116 valence electrons. The smallest absolute Gasteiger partial charge is 0.225 e. The topological polar surface area (TPSA) is 41.1 Å². The van der Waals surface area contributed by atoms with E-state index in [9.17, 15) is 0 Å². The molecular weight excluding hydrogens is 260 g/mol. The van der Waals surface area contributed by atoms with Crippen molar-refractivity contribution in [2.45, 2.75) is 58.5 Å². The minimum atomic E-state index is 0.739. The lowest BCUT2D eigenvalue weighted by molar-refractivity contribution is 0.351. The number of hydrogen-bond acceptors (Lipinski definition) is 4. The number of nitrogens with one attached hydrogen (secondary N) is 1. The molecule has 3 rings (SSSR count). The van der Waals surface area contributed by atoms with E-state index in [1.165, 1.54) is 37.7 Å². The molecule has 4 heteroatoms. The van der Waals surface area contributed by atoms with E-state index in [-0.39, 0.29) is 0 Å². The predicted octanol–water partition coefficient (Wildman–Crippen LogP) is 2.99. The summed E-state index contributed by atoms with van der Waals surface area (Å²) in [5, 5.41) is 3.51. The molecule has 0 spiro atoms. The lowest BCUT2D eigenvalue weighted by atomic mass is 9.89. The summed E-state index contributed by atoms with van der Waals surface area (Å²) in [6.07, 6.45) is 10.5. The summed E-state index contributed by atoms with van der Waals surface area (Å²) < 4.78 is 0. The minimum absolute atomic E-state index is 0.739. The monoisotopic (exact) mass is 288 g/mol. The van der Waals surface area contributed by atoms with Crippen LogP contribution in [0.15, 0.2) is 12.4 Å². The second-order valence-electron chi connectivity index (χ2n) is 6.97. The highest BCUT2D eigenvalue weighted by molar-refractivity contribution is 5.30. The molecule has 1 aliphatic carbocycles. The molecule has 1 unspecified atom stereocenters. The molecule has 1 saturated heterocycles. The van der Waals surface area contributed by atoms with Gasteiger partial charge in [-0.25, -0.2) is 9.97 Å². The Kier molecular flexibility index (Phi) is 4.73. The quantitative estimate of drug-likeness (QED) is 0.904. The van der Waals surface area contributed by atoms with Crippen molar-refractivity contribution in [3.05, 3.63) is 18.0 Å². The highest BCUT2D eigenvalue weighted by Gasteiger charge is 2.21. The molecule has 1 aromatic heterocycles. The van der Waals surface area contributed by atoms with Gasteiger partial charge in [0, 0.05) is 43.6 Å². The third-order valence-electron chi connectivity index (χ3n) is 4.86. The zero-order valence-electron chi connectivity index (χ0n) is 13.4. The Hall–Kier alpha value is -1.16. The van der Waals surface area contributed by atoms with Crippen molar-refractivity contribution in [2.75, 3.05) is 18.0 Å². The van der Waals surface area contributed by atoms with Crippen molar-refractivity contribution < 1.29 is 0 Å². The van der Waals surface area contributed by atoms with E-state index >= 15 is 0 Å². The molecular formula is C17H28N4. The molecule has 1 N–H and O–H groups in total. The van der Waals surface area contributed by atoms with Gasteiger partial charge in [0.2, 0.25) is 5.95 Å². The Balaban J connectivity index is 1.55. The first kappa shape index (κ1) is 14.8. The van der Waals surface area contributed by atoms with Gasteiger partial charge in [-0.3, -0.25) is 0 Å². The van der Waals surface area contributed by atoms with Crippen molar-refractivity contribution in [1.82, 2.24) is 15.3 Å². The SMILES string of the molecule is CC(C)C1CCCN(c2ncc(CNC3CC3)cn2)CC1. The lowest BCUT2D eigenvalue weighted by Gasteiger charge is -2.21. The van der Waals surface area contributed by atoms with Crippen molar-refractivity contribution in [3.63, 3.8) is 0 Å². The van der Waals surface area contributed by atoms with E-state index in [2.05, 4.69) is 34.0 Å². The Morgan fingerprint density at radius 2 is 1.90 bits per heavy atom. The van der Waals surface area contributed by atoms with Crippen molar-refractivity contribution in [2.24, 2.45) is 11.8 Å². The largest absolute Gasteiger partial charge is 0.341 e. The second-order valence-corrected chi connectivity index (χ2v) is 6.97. The lowest BCUT2D eigenvalue weighted by Crippen LogP contribution is -2.26. The summed E-state index contributed by atoms with van der Waals surface area (Å²) in [7, 11) is 0. The molecule has 2 fully saturated rings. The summed E-state index contributed by atoms with van der Waals surface area (Å²) in [5.41, 5.74) is 1.19. The molecule has 0 bridgehead atoms. The zero-order valence-corrected chi connectivity index (χ0v) is 13.4. The maximum atomic E-state index is 4.59. The van der Waals surface area contributed by atoms with Gasteiger partial charge in [0.05, 0.1) is 0 Å². The van der Waals surface area contributed by atoms with Gasteiger partial charge in [-0.1, -0.05) is 13.8 Å². The molecule has 1 atom stereocenters. The zero-order chi connectivity index (χ0) is 14.7. The molecule has 0 aromatic carbocycles. The van der Waals surface area contributed by atoms with Crippen LogP contribution >= 0.6 is 0 Å². The molecule has 2 heterocycles. The molecule has 1 saturated carbocycles. The third kappa shape index (κ3) is 4.16. The van der Waals surface area contributed by atoms with Gasteiger partial charge in [0.25, 0.3) is 0 Å². The van der Waals surface area contributed by atoms with E-state index in [1.54, 1.807) is 0 Å². The highest BCUT2D eigenvalue weighted by atomic mass is 15.2. The normalized spacial score (nSPS) is 23.4. The van der Waals surface area contributed by atoms with E-state index in [4.69, 9.17) is 0 Å². The van der Waals surface area contributed by atoms with Crippen LogP contribution in [0.5, 0.6) is 0 Å². The molecule has 2 aliphatic rings. The fourth-order valence-electron chi connectivity index (χ4n) is 3.14. The molecule has 21 heavy (non-hydrogen) atoms. The predicted molar refractivity (Wildman–Crippen MR) is 86.3 cm³/mol. The van der Waals surface area contributed by atoms with E-state index in [0.717, 1.165) is 43.5 Å². The van der Waals surface area contributed by atoms with Gasteiger partial charge in [-0.2, -0.15) is 0 Å². The highest BCUT2D eigenvalue weighted by Crippen LogP contribution is 2.26. The second kappa shape index (κ2) is 6.73. The fourth-order valence-corrected chi connectivity index (χ4v) is 3.14. The van der Waals surface area contributed by atoms with Gasteiger partial charge in [0.15, 0.2) is 0 Å². The van der Waals surface area contributed by atoms with Gasteiger partial charge in [-0.05, 0) is 43.9 Å². The number of anilines is 1. The average molecular weight is 288 g/mol. The first-order valence-corrected chi connectivity index (χ1v) is 8.51. The summed E-state index contributed by atoms with van der Waals surface area (Å²) in [6.45, 7) is 7.79. The standard InChI is InChI=1S/C17H28N4/c1-13(2)15-4-3-8-21(9-7-15)17-19-11-14(12-20-17)10-18-16-5-6-16/h11-13,15-16,18H,3-10H2,1-2H3. The van der Waals surface area contributed by atoms with Crippen LogP contribution in [0, 0.1) is 11.8 Å². The molecule has 1 aliphatic heterocycles. The van der Waals surface area contributed by atoms with Gasteiger partial charge in [-0.15, -0.1) is 0 Å². The van der Waals surface area contributed by atoms with E-state index in [1.807, 2.05) is 12.4 Å². The molecule has 0 radical (unpaired) electrons. The van der Waals surface area contributed by atoms with Crippen molar-refractivity contribution >= 4 is 5.95 Å². The number of aromatic nitrogens is 2. The molecule has 0 amide bonds. The third-order valence-corrected chi connectivity index (χ3v) is 4.86. The number of rotatable bonds is 5. The Morgan fingerprint density at radius 1 is 1.14 bits per heavy atom. The first-order valence-electron chi connectivity index (χ1n) is 8.51. The van der Waals surface area contributed by atoms with Gasteiger partial charge < -0.3 is 10.2 Å². The number of nitrogens with zero attached hydrogens (tertiary/aromatic N) is 3. The number of hydrogen-bond donors (Lipinski definition) is 1. The summed E-state index contributed by atoms with van der Waals surface area (Å²) in [5.74, 6) is 2.56. The average Bonchev–Trinajstić information content (AvgIpc) is 3.32. The van der Waals surface area contributed by atoms with Crippen LogP contribution in [0.3, 0.4) is 0 Å². The van der Waals surface area contributed by atoms with E-state index in [0.29, 0.717) is 0 Å². The molecule has 4 nitrogen and oxygen atoms in total. The Morgan fingerprint density at radius 3 is 2.57 bits per heavy atom. The van der Waals surface area contributed by atoms with Gasteiger partial charge >= 0.3 is 0 Å². The summed E-state index contributed by atoms with van der Waals surface area (Å²) in [4.78, 5) is 11.5. The summed E-state index contributed by atoms with van der Waals surface area (Å²) >= 11 is 0. The van der Waals surface area contributed by atoms with Gasteiger partial charge in [0.1, 0.15) is 0 Å². The van der Waals surface area contributed by atoms with Crippen molar-refractivity contribution in [3.8, 4) is 0 Å². The fraction of sp³-hybridized carbons (Fsp3) is 0.765. The van der Waals surface area contributed by atoms with Crippen molar-refractivity contribution in [1.29, 1.82) is 0 Å². The van der Waals surface area contributed by atoms with Crippen LogP contribution in [0.1, 0.15) is 51.5 Å². The van der Waals surface area contributed by atoms with Crippen LogP contribution in [0.4, 0.5) is 5.95 Å². The summed E-state index contributed by atoms with van der Waals surface area (Å²) in [6, 6.07) is 0.739. The minimum Gasteiger partial charge on any atom is -0.341 e. The first-order chi connectivity index (χ1) is 10.2. The Labute approximate surface area is 128 Å². The van der Waals surface area contributed by atoms with Crippen LogP contribution in [0.25, 0.3) is 0 Å². The molecule has 1 aromatic rings. The van der Waals surface area contributed by atoms with Crippen LogP contribution in [0.2, 0.25) is 0 Å². The van der Waals surface area contributed by atoms with Crippen LogP contribution in [-0.2, 0) is 6.54 Å². The Bertz CT molecular complexity index is 439.